The first kappa shape index (κ1) is 17.8. The van der Waals surface area contributed by atoms with Gasteiger partial charge < -0.3 is 9.64 Å². The third kappa shape index (κ3) is 4.92. The number of nitrogens with zero attached hydrogens (tertiary/aromatic N) is 1. The number of benzene rings is 1. The van der Waals surface area contributed by atoms with E-state index in [1.165, 1.54) is 0 Å². The maximum absolute atomic E-state index is 12.7. The Morgan fingerprint density at radius 2 is 1.76 bits per heavy atom. The van der Waals surface area contributed by atoms with E-state index in [-0.39, 0.29) is 18.0 Å². The second-order valence-corrected chi connectivity index (χ2v) is 5.91. The van der Waals surface area contributed by atoms with Crippen molar-refractivity contribution in [3.63, 3.8) is 0 Å². The van der Waals surface area contributed by atoms with Crippen molar-refractivity contribution in [1.29, 1.82) is 0 Å². The van der Waals surface area contributed by atoms with Gasteiger partial charge in [-0.3, -0.25) is 4.79 Å². The van der Waals surface area contributed by atoms with E-state index in [4.69, 9.17) is 16.3 Å². The van der Waals surface area contributed by atoms with E-state index in [0.717, 1.165) is 12.8 Å². The van der Waals surface area contributed by atoms with E-state index < -0.39 is 6.10 Å². The SMILES string of the molecule is CCC(C)N(C(=O)C(C)Oc1cccc(Cl)c1)C(C)CC. The lowest BCUT2D eigenvalue weighted by atomic mass is 10.1. The van der Waals surface area contributed by atoms with Gasteiger partial charge in [-0.2, -0.15) is 0 Å². The van der Waals surface area contributed by atoms with Gasteiger partial charge in [0.25, 0.3) is 5.91 Å². The Bertz CT molecular complexity index is 454. The Hall–Kier alpha value is -1.22. The van der Waals surface area contributed by atoms with Gasteiger partial charge in [0.15, 0.2) is 6.10 Å². The summed E-state index contributed by atoms with van der Waals surface area (Å²) in [5, 5.41) is 0.604. The topological polar surface area (TPSA) is 29.5 Å². The van der Waals surface area contributed by atoms with Gasteiger partial charge in [0.1, 0.15) is 5.75 Å². The second-order valence-electron chi connectivity index (χ2n) is 5.48. The number of hydrogen-bond donors (Lipinski definition) is 0. The Balaban J connectivity index is 2.83. The predicted molar refractivity (Wildman–Crippen MR) is 87.9 cm³/mol. The molecule has 0 saturated heterocycles. The molecule has 0 aliphatic heterocycles. The summed E-state index contributed by atoms with van der Waals surface area (Å²) in [7, 11) is 0. The van der Waals surface area contributed by atoms with Crippen molar-refractivity contribution < 1.29 is 9.53 Å². The van der Waals surface area contributed by atoms with Crippen LogP contribution in [0.4, 0.5) is 0 Å². The number of amides is 1. The monoisotopic (exact) mass is 311 g/mol. The molecule has 21 heavy (non-hydrogen) atoms. The molecule has 1 aromatic carbocycles. The lowest BCUT2D eigenvalue weighted by Gasteiger charge is -2.35. The molecule has 0 radical (unpaired) electrons. The van der Waals surface area contributed by atoms with Crippen LogP contribution in [0, 0.1) is 0 Å². The van der Waals surface area contributed by atoms with Crippen LogP contribution in [0.3, 0.4) is 0 Å². The lowest BCUT2D eigenvalue weighted by Crippen LogP contribution is -2.49. The van der Waals surface area contributed by atoms with Crippen LogP contribution in [-0.2, 0) is 4.79 Å². The third-order valence-electron chi connectivity index (χ3n) is 3.84. The molecule has 1 rings (SSSR count). The fourth-order valence-electron chi connectivity index (χ4n) is 2.27. The average molecular weight is 312 g/mol. The molecule has 3 nitrogen and oxygen atoms in total. The van der Waals surface area contributed by atoms with Gasteiger partial charge in [-0.1, -0.05) is 31.5 Å². The average Bonchev–Trinajstić information content (AvgIpc) is 2.46. The van der Waals surface area contributed by atoms with Crippen molar-refractivity contribution in [2.45, 2.75) is 65.6 Å². The molecule has 1 aromatic rings. The third-order valence-corrected chi connectivity index (χ3v) is 4.08. The second kappa shape index (κ2) is 8.28. The van der Waals surface area contributed by atoms with Crippen LogP contribution >= 0.6 is 11.6 Å². The molecule has 1 amide bonds. The number of carbonyl (C=O) groups excluding carboxylic acids is 1. The van der Waals surface area contributed by atoms with Crippen LogP contribution in [0.1, 0.15) is 47.5 Å². The van der Waals surface area contributed by atoms with E-state index in [1.54, 1.807) is 19.1 Å². The van der Waals surface area contributed by atoms with Crippen molar-refractivity contribution in [3.8, 4) is 5.75 Å². The van der Waals surface area contributed by atoms with E-state index in [1.807, 2.05) is 17.0 Å². The van der Waals surface area contributed by atoms with Crippen molar-refractivity contribution >= 4 is 17.5 Å². The summed E-state index contributed by atoms with van der Waals surface area (Å²) in [4.78, 5) is 14.6. The Kier molecular flexibility index (Phi) is 7.03. The fourth-order valence-corrected chi connectivity index (χ4v) is 2.45. The summed E-state index contributed by atoms with van der Waals surface area (Å²) in [6, 6.07) is 7.55. The summed E-state index contributed by atoms with van der Waals surface area (Å²) in [6.07, 6.45) is 1.34. The van der Waals surface area contributed by atoms with Crippen LogP contribution < -0.4 is 4.74 Å². The summed E-state index contributed by atoms with van der Waals surface area (Å²) < 4.78 is 5.75. The highest BCUT2D eigenvalue weighted by Gasteiger charge is 2.28. The number of halogens is 1. The Morgan fingerprint density at radius 3 is 2.24 bits per heavy atom. The van der Waals surface area contributed by atoms with Gasteiger partial charge in [0.05, 0.1) is 0 Å². The molecule has 0 aromatic heterocycles. The number of ether oxygens (including phenoxy) is 1. The van der Waals surface area contributed by atoms with E-state index in [0.29, 0.717) is 10.8 Å². The number of hydrogen-bond acceptors (Lipinski definition) is 2. The summed E-state index contributed by atoms with van der Waals surface area (Å²) in [5.74, 6) is 0.648. The molecule has 0 N–H and O–H groups in total. The molecule has 0 spiro atoms. The minimum atomic E-state index is -0.522. The first-order valence-electron chi connectivity index (χ1n) is 7.65. The fraction of sp³-hybridized carbons (Fsp3) is 0.588. The quantitative estimate of drug-likeness (QED) is 0.740. The van der Waals surface area contributed by atoms with Gasteiger partial charge in [-0.15, -0.1) is 0 Å². The molecule has 0 aliphatic rings. The van der Waals surface area contributed by atoms with Gasteiger partial charge in [-0.25, -0.2) is 0 Å². The highest BCUT2D eigenvalue weighted by atomic mass is 35.5. The van der Waals surface area contributed by atoms with E-state index in [9.17, 15) is 4.79 Å². The molecule has 3 unspecified atom stereocenters. The Labute approximate surface area is 133 Å². The molecule has 0 saturated carbocycles. The van der Waals surface area contributed by atoms with Gasteiger partial charge in [-0.05, 0) is 51.8 Å². The smallest absolute Gasteiger partial charge is 0.263 e. The first-order valence-corrected chi connectivity index (χ1v) is 8.02. The maximum atomic E-state index is 12.7. The number of carbonyl (C=O) groups is 1. The number of rotatable bonds is 7. The molecule has 4 heteroatoms. The van der Waals surface area contributed by atoms with Gasteiger partial charge >= 0.3 is 0 Å². The molecule has 0 aliphatic carbocycles. The van der Waals surface area contributed by atoms with Crippen molar-refractivity contribution in [2.75, 3.05) is 0 Å². The first-order chi connectivity index (χ1) is 9.90. The molecular weight excluding hydrogens is 286 g/mol. The van der Waals surface area contributed by atoms with E-state index >= 15 is 0 Å². The standard InChI is InChI=1S/C17H26ClNO2/c1-6-12(3)19(13(4)7-2)17(20)14(5)21-16-10-8-9-15(18)11-16/h8-14H,6-7H2,1-5H3. The van der Waals surface area contributed by atoms with Crippen LogP contribution in [0.5, 0.6) is 5.75 Å². The van der Waals surface area contributed by atoms with Crippen LogP contribution in [0.15, 0.2) is 24.3 Å². The Morgan fingerprint density at radius 1 is 1.19 bits per heavy atom. The summed E-state index contributed by atoms with van der Waals surface area (Å²) >= 11 is 5.94. The van der Waals surface area contributed by atoms with E-state index in [2.05, 4.69) is 27.7 Å². The largest absolute Gasteiger partial charge is 0.481 e. The maximum Gasteiger partial charge on any atom is 0.263 e. The van der Waals surface area contributed by atoms with Crippen molar-refractivity contribution in [2.24, 2.45) is 0 Å². The van der Waals surface area contributed by atoms with Gasteiger partial charge in [0.2, 0.25) is 0 Å². The molecule has 3 atom stereocenters. The molecule has 0 fully saturated rings. The zero-order valence-corrected chi connectivity index (χ0v) is 14.4. The van der Waals surface area contributed by atoms with Gasteiger partial charge in [0, 0.05) is 17.1 Å². The minimum absolute atomic E-state index is 0.0266. The van der Waals surface area contributed by atoms with Crippen LogP contribution in [0.25, 0.3) is 0 Å². The van der Waals surface area contributed by atoms with Crippen LogP contribution in [0.2, 0.25) is 5.02 Å². The highest BCUT2D eigenvalue weighted by molar-refractivity contribution is 6.30. The molecule has 0 heterocycles. The lowest BCUT2D eigenvalue weighted by molar-refractivity contribution is -0.142. The predicted octanol–water partition coefficient (Wildman–Crippen LogP) is 4.53. The van der Waals surface area contributed by atoms with Crippen molar-refractivity contribution in [3.05, 3.63) is 29.3 Å². The summed E-state index contributed by atoms with van der Waals surface area (Å²) in [5.41, 5.74) is 0. The molecule has 118 valence electrons. The molecular formula is C17H26ClNO2. The minimum Gasteiger partial charge on any atom is -0.481 e. The molecule has 0 bridgehead atoms. The van der Waals surface area contributed by atoms with Crippen molar-refractivity contribution in [1.82, 2.24) is 4.90 Å². The summed E-state index contributed by atoms with van der Waals surface area (Å²) in [6.45, 7) is 10.1. The normalized spacial score (nSPS) is 15.1. The highest BCUT2D eigenvalue weighted by Crippen LogP contribution is 2.20. The zero-order valence-electron chi connectivity index (χ0n) is 13.6. The zero-order chi connectivity index (χ0) is 16.0. The van der Waals surface area contributed by atoms with Crippen LogP contribution in [-0.4, -0.2) is 29.0 Å².